The zero-order chi connectivity index (χ0) is 17.0. The van der Waals surface area contributed by atoms with Crippen molar-refractivity contribution in [1.82, 2.24) is 0 Å². The van der Waals surface area contributed by atoms with Gasteiger partial charge in [-0.1, -0.05) is 48.5 Å². The third kappa shape index (κ3) is 1.96. The van der Waals surface area contributed by atoms with Crippen molar-refractivity contribution >= 4 is 33.7 Å². The van der Waals surface area contributed by atoms with E-state index in [1.165, 1.54) is 0 Å². The van der Waals surface area contributed by atoms with Crippen molar-refractivity contribution in [2.45, 2.75) is 0 Å². The molecule has 1 aromatic heterocycles. The van der Waals surface area contributed by atoms with E-state index in [2.05, 4.69) is 5.38 Å². The van der Waals surface area contributed by atoms with Gasteiger partial charge in [0.1, 0.15) is 0 Å². The number of carbonyl (C=O) groups excluding carboxylic acids is 2. The standard InChI is InChI=1S/C22H12O2S/c23-21-16-7-3-4-8-17(16)22(24)20-15-6-2-1-5-14(15)18(11-19(20)21)13-9-10-25-12-13/h1-12H. The van der Waals surface area contributed by atoms with Crippen molar-refractivity contribution in [3.8, 4) is 11.1 Å². The summed E-state index contributed by atoms with van der Waals surface area (Å²) in [4.78, 5) is 26.2. The van der Waals surface area contributed by atoms with Crippen LogP contribution >= 0.6 is 11.3 Å². The second kappa shape index (κ2) is 5.23. The summed E-state index contributed by atoms with van der Waals surface area (Å²) in [5.74, 6) is -0.147. The molecule has 0 aliphatic heterocycles. The van der Waals surface area contributed by atoms with Crippen LogP contribution in [-0.4, -0.2) is 11.6 Å². The Kier molecular flexibility index (Phi) is 2.99. The van der Waals surface area contributed by atoms with Crippen LogP contribution in [0.5, 0.6) is 0 Å². The second-order valence-electron chi connectivity index (χ2n) is 6.11. The summed E-state index contributed by atoms with van der Waals surface area (Å²) in [6.07, 6.45) is 0. The molecule has 2 nitrogen and oxygen atoms in total. The molecule has 0 bridgehead atoms. The molecule has 0 fully saturated rings. The van der Waals surface area contributed by atoms with Crippen LogP contribution in [0.3, 0.4) is 0 Å². The molecule has 0 radical (unpaired) electrons. The van der Waals surface area contributed by atoms with Gasteiger partial charge in [0.2, 0.25) is 0 Å². The summed E-state index contributed by atoms with van der Waals surface area (Å²) in [7, 11) is 0. The van der Waals surface area contributed by atoms with E-state index in [0.717, 1.165) is 21.9 Å². The van der Waals surface area contributed by atoms with Gasteiger partial charge in [0.15, 0.2) is 11.6 Å². The fourth-order valence-electron chi connectivity index (χ4n) is 3.61. The first kappa shape index (κ1) is 14.3. The molecule has 0 amide bonds. The quantitative estimate of drug-likeness (QED) is 0.412. The number of carbonyl (C=O) groups is 2. The van der Waals surface area contributed by atoms with Crippen LogP contribution in [0.15, 0.2) is 71.4 Å². The SMILES string of the molecule is O=C1c2ccccc2C(=O)c2c1cc(-c1ccsc1)c1ccccc21. The first-order chi connectivity index (χ1) is 12.3. The smallest absolute Gasteiger partial charge is 0.195 e. The molecule has 0 atom stereocenters. The van der Waals surface area contributed by atoms with Gasteiger partial charge in [-0.3, -0.25) is 9.59 Å². The first-order valence-corrected chi connectivity index (χ1v) is 8.97. The predicted molar refractivity (Wildman–Crippen MR) is 101 cm³/mol. The maximum Gasteiger partial charge on any atom is 0.195 e. The number of hydrogen-bond acceptors (Lipinski definition) is 3. The fourth-order valence-corrected chi connectivity index (χ4v) is 4.27. The molecule has 3 heteroatoms. The Balaban J connectivity index is 1.92. The van der Waals surface area contributed by atoms with Crippen LogP contribution in [0.4, 0.5) is 0 Å². The molecule has 0 saturated heterocycles. The van der Waals surface area contributed by atoms with Crippen molar-refractivity contribution in [2.24, 2.45) is 0 Å². The average Bonchev–Trinajstić information content (AvgIpc) is 3.19. The molecule has 1 aliphatic carbocycles. The number of hydrogen-bond donors (Lipinski definition) is 0. The Bertz CT molecular complexity index is 1170. The number of ketones is 2. The van der Waals surface area contributed by atoms with E-state index < -0.39 is 0 Å². The predicted octanol–water partition coefficient (Wildman–Crippen LogP) is 5.34. The summed E-state index contributed by atoms with van der Waals surface area (Å²) in [6, 6.07) is 18.8. The van der Waals surface area contributed by atoms with Crippen molar-refractivity contribution in [2.75, 3.05) is 0 Å². The van der Waals surface area contributed by atoms with Gasteiger partial charge in [-0.15, -0.1) is 0 Å². The van der Waals surface area contributed by atoms with Gasteiger partial charge in [-0.25, -0.2) is 0 Å². The Labute approximate surface area is 148 Å². The van der Waals surface area contributed by atoms with Gasteiger partial charge in [0.05, 0.1) is 0 Å². The monoisotopic (exact) mass is 340 g/mol. The van der Waals surface area contributed by atoms with Gasteiger partial charge in [-0.2, -0.15) is 11.3 Å². The zero-order valence-electron chi connectivity index (χ0n) is 13.2. The molecule has 1 aliphatic rings. The van der Waals surface area contributed by atoms with E-state index >= 15 is 0 Å². The summed E-state index contributed by atoms with van der Waals surface area (Å²) in [5.41, 5.74) is 4.08. The molecule has 5 rings (SSSR count). The summed E-state index contributed by atoms with van der Waals surface area (Å²) in [5, 5.41) is 5.93. The van der Waals surface area contributed by atoms with Crippen LogP contribution in [0.2, 0.25) is 0 Å². The van der Waals surface area contributed by atoms with Crippen LogP contribution in [-0.2, 0) is 0 Å². The minimum Gasteiger partial charge on any atom is -0.289 e. The number of fused-ring (bicyclic) bond motifs is 4. The molecule has 4 aromatic rings. The average molecular weight is 340 g/mol. The molecular weight excluding hydrogens is 328 g/mol. The Morgan fingerprint density at radius 2 is 1.32 bits per heavy atom. The Morgan fingerprint density at radius 1 is 0.640 bits per heavy atom. The maximum absolute atomic E-state index is 13.1. The van der Waals surface area contributed by atoms with Crippen molar-refractivity contribution < 1.29 is 9.59 Å². The van der Waals surface area contributed by atoms with Gasteiger partial charge < -0.3 is 0 Å². The molecule has 0 saturated carbocycles. The number of rotatable bonds is 1. The third-order valence-corrected chi connectivity index (χ3v) is 5.45. The molecule has 118 valence electrons. The summed E-state index contributed by atoms with van der Waals surface area (Å²) < 4.78 is 0. The lowest BCUT2D eigenvalue weighted by molar-refractivity contribution is 0.0980. The van der Waals surface area contributed by atoms with Crippen LogP contribution in [0.25, 0.3) is 21.9 Å². The van der Waals surface area contributed by atoms with E-state index in [9.17, 15) is 9.59 Å². The lowest BCUT2D eigenvalue weighted by Gasteiger charge is -2.20. The van der Waals surface area contributed by atoms with Crippen molar-refractivity contribution in [1.29, 1.82) is 0 Å². The minimum atomic E-state index is -0.0765. The van der Waals surface area contributed by atoms with E-state index in [-0.39, 0.29) is 11.6 Å². The number of benzene rings is 3. The van der Waals surface area contributed by atoms with E-state index in [0.29, 0.717) is 22.3 Å². The molecule has 1 heterocycles. The lowest BCUT2D eigenvalue weighted by Crippen LogP contribution is -2.21. The molecule has 0 N–H and O–H groups in total. The van der Waals surface area contributed by atoms with Crippen LogP contribution in [0, 0.1) is 0 Å². The maximum atomic E-state index is 13.1. The molecular formula is C22H12O2S. The number of thiophene rings is 1. The Hall–Kier alpha value is -3.04. The highest BCUT2D eigenvalue weighted by Gasteiger charge is 2.31. The fraction of sp³-hybridized carbons (Fsp3) is 0. The Morgan fingerprint density at radius 3 is 2.04 bits per heavy atom. The normalized spacial score (nSPS) is 13.0. The van der Waals surface area contributed by atoms with Crippen molar-refractivity contribution in [3.63, 3.8) is 0 Å². The van der Waals surface area contributed by atoms with Gasteiger partial charge >= 0.3 is 0 Å². The highest BCUT2D eigenvalue weighted by molar-refractivity contribution is 7.08. The lowest BCUT2D eigenvalue weighted by atomic mass is 9.80. The zero-order valence-corrected chi connectivity index (χ0v) is 14.0. The topological polar surface area (TPSA) is 34.1 Å². The van der Waals surface area contributed by atoms with Gasteiger partial charge in [0.25, 0.3) is 0 Å². The second-order valence-corrected chi connectivity index (χ2v) is 6.89. The first-order valence-electron chi connectivity index (χ1n) is 8.02. The highest BCUT2D eigenvalue weighted by Crippen LogP contribution is 2.38. The minimum absolute atomic E-state index is 0.0710. The summed E-state index contributed by atoms with van der Waals surface area (Å²) in [6.45, 7) is 0. The van der Waals surface area contributed by atoms with E-state index in [1.54, 1.807) is 35.6 Å². The highest BCUT2D eigenvalue weighted by atomic mass is 32.1. The largest absolute Gasteiger partial charge is 0.289 e. The van der Waals surface area contributed by atoms with Crippen LogP contribution in [0.1, 0.15) is 31.8 Å². The van der Waals surface area contributed by atoms with Crippen molar-refractivity contribution in [3.05, 3.63) is 93.7 Å². The van der Waals surface area contributed by atoms with Gasteiger partial charge in [0, 0.05) is 22.3 Å². The van der Waals surface area contributed by atoms with Crippen LogP contribution < -0.4 is 0 Å². The molecule has 0 spiro atoms. The third-order valence-electron chi connectivity index (χ3n) is 4.76. The summed E-state index contributed by atoms with van der Waals surface area (Å²) >= 11 is 1.62. The van der Waals surface area contributed by atoms with E-state index in [4.69, 9.17) is 0 Å². The van der Waals surface area contributed by atoms with E-state index in [1.807, 2.05) is 41.8 Å². The molecule has 25 heavy (non-hydrogen) atoms. The molecule has 0 unspecified atom stereocenters. The van der Waals surface area contributed by atoms with Gasteiger partial charge in [-0.05, 0) is 44.8 Å². The molecule has 3 aromatic carbocycles.